The molecule has 0 spiro atoms. The number of fused-ring (bicyclic) bond motifs is 1. The number of hydrogen-bond donors (Lipinski definition) is 1. The van der Waals surface area contributed by atoms with Crippen molar-refractivity contribution in [2.75, 3.05) is 13.2 Å². The van der Waals surface area contributed by atoms with Crippen molar-refractivity contribution >= 4 is 18.0 Å². The molecule has 1 N–H and O–H groups in total. The number of carbonyl (C=O) groups is 1. The molecule has 3 rings (SSSR count). The monoisotopic (exact) mass is 306 g/mol. The lowest BCUT2D eigenvalue weighted by Gasteiger charge is -2.36. The Hall–Kier alpha value is -1.43. The lowest BCUT2D eigenvalue weighted by Crippen LogP contribution is -2.51. The highest BCUT2D eigenvalue weighted by molar-refractivity contribution is 6.07. The first-order valence-electron chi connectivity index (χ1n) is 8.50. The molecular formula is C16H26N4O2. The van der Waals surface area contributed by atoms with Gasteiger partial charge in [-0.05, 0) is 18.8 Å². The number of nitrogens with one attached hydrogen (secondary N) is 1. The minimum absolute atomic E-state index is 0.0410. The zero-order valence-corrected chi connectivity index (χ0v) is 13.5. The number of aliphatic imine (C=N–C) groups is 1. The van der Waals surface area contributed by atoms with Gasteiger partial charge in [0.15, 0.2) is 6.17 Å². The molecule has 22 heavy (non-hydrogen) atoms. The van der Waals surface area contributed by atoms with Crippen molar-refractivity contribution < 1.29 is 9.53 Å². The third-order valence-corrected chi connectivity index (χ3v) is 5.01. The van der Waals surface area contributed by atoms with Gasteiger partial charge in [0, 0.05) is 25.8 Å². The van der Waals surface area contributed by atoms with E-state index in [-0.39, 0.29) is 18.0 Å². The van der Waals surface area contributed by atoms with Crippen molar-refractivity contribution in [3.63, 3.8) is 0 Å². The molecular weight excluding hydrogens is 280 g/mol. The second-order valence-electron chi connectivity index (χ2n) is 6.38. The van der Waals surface area contributed by atoms with E-state index in [0.29, 0.717) is 12.0 Å². The van der Waals surface area contributed by atoms with Gasteiger partial charge in [0.2, 0.25) is 5.91 Å². The molecule has 3 heterocycles. The summed E-state index contributed by atoms with van der Waals surface area (Å²) in [4.78, 5) is 17.2. The van der Waals surface area contributed by atoms with Crippen molar-refractivity contribution in [1.82, 2.24) is 10.3 Å². The van der Waals surface area contributed by atoms with Gasteiger partial charge in [0.1, 0.15) is 11.8 Å². The molecule has 122 valence electrons. The van der Waals surface area contributed by atoms with Crippen LogP contribution < -0.4 is 5.32 Å². The molecule has 0 saturated carbocycles. The first-order chi connectivity index (χ1) is 10.7. The van der Waals surface area contributed by atoms with E-state index in [2.05, 4.69) is 24.3 Å². The van der Waals surface area contributed by atoms with E-state index in [4.69, 9.17) is 9.73 Å². The van der Waals surface area contributed by atoms with Crippen molar-refractivity contribution in [3.05, 3.63) is 0 Å². The zero-order chi connectivity index (χ0) is 15.5. The fraction of sp³-hybridized carbons (Fsp3) is 0.812. The molecule has 6 nitrogen and oxygen atoms in total. The summed E-state index contributed by atoms with van der Waals surface area (Å²) in [6.45, 7) is 5.92. The summed E-state index contributed by atoms with van der Waals surface area (Å²) in [5, 5.41) is 9.51. The van der Waals surface area contributed by atoms with Gasteiger partial charge in [-0.1, -0.05) is 26.7 Å². The summed E-state index contributed by atoms with van der Waals surface area (Å²) in [6, 6.07) is 0.337. The van der Waals surface area contributed by atoms with E-state index >= 15 is 0 Å². The Morgan fingerprint density at radius 1 is 1.36 bits per heavy atom. The molecule has 3 aliphatic heterocycles. The predicted molar refractivity (Wildman–Crippen MR) is 85.7 cm³/mol. The normalized spacial score (nSPS) is 28.8. The van der Waals surface area contributed by atoms with Crippen LogP contribution in [-0.4, -0.2) is 48.4 Å². The highest BCUT2D eigenvalue weighted by Crippen LogP contribution is 2.29. The van der Waals surface area contributed by atoms with Crippen LogP contribution in [0.25, 0.3) is 0 Å². The van der Waals surface area contributed by atoms with Crippen LogP contribution in [0.3, 0.4) is 0 Å². The largest absolute Gasteiger partial charge is 0.381 e. The Kier molecular flexibility index (Phi) is 4.76. The zero-order valence-electron chi connectivity index (χ0n) is 13.5. The molecule has 3 aliphatic rings. The Morgan fingerprint density at radius 3 is 2.77 bits per heavy atom. The summed E-state index contributed by atoms with van der Waals surface area (Å²) < 4.78 is 5.43. The van der Waals surface area contributed by atoms with Crippen molar-refractivity contribution in [3.8, 4) is 0 Å². The Bertz CT molecular complexity index is 467. The Balaban J connectivity index is 1.74. The first-order valence-corrected chi connectivity index (χ1v) is 8.50. The van der Waals surface area contributed by atoms with Gasteiger partial charge >= 0.3 is 0 Å². The second-order valence-corrected chi connectivity index (χ2v) is 6.38. The fourth-order valence-corrected chi connectivity index (χ4v) is 3.43. The molecule has 0 aliphatic carbocycles. The molecule has 0 bridgehead atoms. The number of nitrogens with zero attached hydrogens (tertiary/aromatic N) is 3. The highest BCUT2D eigenvalue weighted by atomic mass is 16.5. The van der Waals surface area contributed by atoms with E-state index in [1.54, 1.807) is 6.21 Å². The Morgan fingerprint density at radius 2 is 2.09 bits per heavy atom. The van der Waals surface area contributed by atoms with Gasteiger partial charge in [0.25, 0.3) is 0 Å². The standard InChI is InChI=1S/C16H26N4O2/c1-3-11(4-2)9-14-18-15-13(16(21)19-14)10-17-20(15)12-5-7-22-8-6-12/h10-13,15H,3-9H2,1-2H3,(H,18,19,21). The number of amides is 1. The van der Waals surface area contributed by atoms with Crippen LogP contribution in [0.1, 0.15) is 46.0 Å². The maximum atomic E-state index is 12.3. The number of amidine groups is 1. The van der Waals surface area contributed by atoms with Gasteiger partial charge in [-0.25, -0.2) is 4.99 Å². The maximum absolute atomic E-state index is 12.3. The molecule has 0 aromatic carbocycles. The quantitative estimate of drug-likeness (QED) is 0.841. The van der Waals surface area contributed by atoms with Gasteiger partial charge in [0.05, 0.1) is 6.04 Å². The number of hydrogen-bond acceptors (Lipinski definition) is 5. The molecule has 2 atom stereocenters. The summed E-state index contributed by atoms with van der Waals surface area (Å²) in [6.07, 6.45) is 6.59. The predicted octanol–water partition coefficient (Wildman–Crippen LogP) is 1.76. The summed E-state index contributed by atoms with van der Waals surface area (Å²) in [5.74, 6) is 1.21. The van der Waals surface area contributed by atoms with Crippen LogP contribution in [0.2, 0.25) is 0 Å². The molecule has 6 heteroatoms. The van der Waals surface area contributed by atoms with E-state index < -0.39 is 0 Å². The lowest BCUT2D eigenvalue weighted by atomic mass is 9.96. The number of hydrazone groups is 1. The molecule has 1 amide bonds. The van der Waals surface area contributed by atoms with Crippen LogP contribution in [0, 0.1) is 11.8 Å². The summed E-state index contributed by atoms with van der Waals surface area (Å²) in [7, 11) is 0. The van der Waals surface area contributed by atoms with Gasteiger partial charge < -0.3 is 10.1 Å². The minimum atomic E-state index is -0.242. The molecule has 1 saturated heterocycles. The molecule has 0 aromatic heterocycles. The number of ether oxygens (including phenoxy) is 1. The van der Waals surface area contributed by atoms with Crippen LogP contribution in [0.4, 0.5) is 0 Å². The van der Waals surface area contributed by atoms with Gasteiger partial charge in [-0.3, -0.25) is 9.80 Å². The second kappa shape index (κ2) is 6.77. The van der Waals surface area contributed by atoms with Crippen molar-refractivity contribution in [2.45, 2.75) is 58.2 Å². The first kappa shape index (κ1) is 15.5. The molecule has 2 unspecified atom stereocenters. The molecule has 0 radical (unpaired) electrons. The van der Waals surface area contributed by atoms with Crippen molar-refractivity contribution in [1.29, 1.82) is 0 Å². The maximum Gasteiger partial charge on any atom is 0.238 e. The van der Waals surface area contributed by atoms with Crippen LogP contribution in [0.5, 0.6) is 0 Å². The minimum Gasteiger partial charge on any atom is -0.381 e. The fourth-order valence-electron chi connectivity index (χ4n) is 3.43. The van der Waals surface area contributed by atoms with Crippen molar-refractivity contribution in [2.24, 2.45) is 21.9 Å². The van der Waals surface area contributed by atoms with Crippen LogP contribution >= 0.6 is 0 Å². The van der Waals surface area contributed by atoms with Crippen LogP contribution in [0.15, 0.2) is 10.1 Å². The van der Waals surface area contributed by atoms with E-state index in [1.807, 2.05) is 5.01 Å². The third-order valence-electron chi connectivity index (χ3n) is 5.01. The molecule has 0 aromatic rings. The van der Waals surface area contributed by atoms with Gasteiger partial charge in [-0.15, -0.1) is 0 Å². The van der Waals surface area contributed by atoms with E-state index in [1.165, 1.54) is 0 Å². The Labute approximate surface area is 132 Å². The third kappa shape index (κ3) is 3.02. The topological polar surface area (TPSA) is 66.3 Å². The average molecular weight is 306 g/mol. The highest BCUT2D eigenvalue weighted by Gasteiger charge is 2.42. The summed E-state index contributed by atoms with van der Waals surface area (Å²) >= 11 is 0. The van der Waals surface area contributed by atoms with Crippen LogP contribution in [-0.2, 0) is 9.53 Å². The number of carbonyl (C=O) groups excluding carboxylic acids is 1. The SMILES string of the molecule is CCC(CC)CC1=NC2C(C=NN2C2CCOCC2)C(=O)N1. The summed E-state index contributed by atoms with van der Waals surface area (Å²) in [5.41, 5.74) is 0. The van der Waals surface area contributed by atoms with Gasteiger partial charge in [-0.2, -0.15) is 5.10 Å². The molecule has 1 fully saturated rings. The van der Waals surface area contributed by atoms with E-state index in [9.17, 15) is 4.79 Å². The van der Waals surface area contributed by atoms with E-state index in [0.717, 1.165) is 51.2 Å². The average Bonchev–Trinajstić information content (AvgIpc) is 2.98. The smallest absolute Gasteiger partial charge is 0.238 e. The number of rotatable bonds is 5. The lowest BCUT2D eigenvalue weighted by molar-refractivity contribution is -0.123.